The summed E-state index contributed by atoms with van der Waals surface area (Å²) in [5.41, 5.74) is 0. The maximum absolute atomic E-state index is 12.7. The summed E-state index contributed by atoms with van der Waals surface area (Å²) in [6.07, 6.45) is 0. The molecule has 0 spiro atoms. The van der Waals surface area contributed by atoms with Gasteiger partial charge in [0.05, 0.1) is 0 Å². The summed E-state index contributed by atoms with van der Waals surface area (Å²) in [5.74, 6) is -1.40. The summed E-state index contributed by atoms with van der Waals surface area (Å²) in [6.45, 7) is -0.351. The molecule has 0 bridgehead atoms. The largest absolute Gasteiger partial charge is 0.446 e. The molecule has 3 nitrogen and oxygen atoms in total. The van der Waals surface area contributed by atoms with Crippen LogP contribution in [0.2, 0.25) is 0 Å². The molecule has 1 aromatic rings. The highest BCUT2D eigenvalue weighted by molar-refractivity contribution is 7.12. The Balaban J connectivity index is 2.67. The fourth-order valence-electron chi connectivity index (χ4n) is 0.603. The van der Waals surface area contributed by atoms with Crippen LogP contribution in [0.4, 0.5) is 4.39 Å². The molecule has 0 saturated carbocycles. The number of thiophene rings is 1. The molecule has 0 aliphatic carbocycles. The topological polar surface area (TPSA) is 50.1 Å². The smallest absolute Gasteiger partial charge is 0.352 e. The zero-order valence-corrected chi connectivity index (χ0v) is 6.73. The summed E-state index contributed by atoms with van der Waals surface area (Å²) in [7, 11) is 0. The van der Waals surface area contributed by atoms with Gasteiger partial charge in [0.25, 0.3) is 0 Å². The molecule has 1 rings (SSSR count). The van der Waals surface area contributed by atoms with Gasteiger partial charge in [-0.25, -0.2) is 9.18 Å². The van der Waals surface area contributed by atoms with Gasteiger partial charge in [-0.05, 0) is 11.4 Å². The van der Waals surface area contributed by atoms with Crippen molar-refractivity contribution in [2.45, 2.75) is 0 Å². The Kier molecular flexibility index (Phi) is 2.77. The SMILES string of the molecule is N#CCOC(=O)c1sccc1F. The lowest BCUT2D eigenvalue weighted by Crippen LogP contribution is -2.04. The third kappa shape index (κ3) is 1.80. The molecule has 62 valence electrons. The van der Waals surface area contributed by atoms with Crippen molar-refractivity contribution in [1.82, 2.24) is 0 Å². The van der Waals surface area contributed by atoms with Crippen LogP contribution >= 0.6 is 11.3 Å². The van der Waals surface area contributed by atoms with Crippen LogP contribution in [-0.4, -0.2) is 12.6 Å². The van der Waals surface area contributed by atoms with Crippen LogP contribution in [0, 0.1) is 17.1 Å². The molecule has 0 saturated heterocycles. The van der Waals surface area contributed by atoms with Crippen molar-refractivity contribution in [3.63, 3.8) is 0 Å². The first-order valence-corrected chi connectivity index (χ1v) is 3.90. The van der Waals surface area contributed by atoms with E-state index in [0.29, 0.717) is 0 Å². The van der Waals surface area contributed by atoms with Gasteiger partial charge in [-0.1, -0.05) is 0 Å². The normalized spacial score (nSPS) is 9.00. The highest BCUT2D eigenvalue weighted by atomic mass is 32.1. The quantitative estimate of drug-likeness (QED) is 0.657. The highest BCUT2D eigenvalue weighted by Crippen LogP contribution is 2.15. The summed E-state index contributed by atoms with van der Waals surface area (Å²) < 4.78 is 17.0. The van der Waals surface area contributed by atoms with Crippen LogP contribution in [0.25, 0.3) is 0 Å². The fourth-order valence-corrected chi connectivity index (χ4v) is 1.26. The summed E-state index contributed by atoms with van der Waals surface area (Å²) in [5, 5.41) is 9.51. The minimum absolute atomic E-state index is 0.0924. The monoisotopic (exact) mass is 185 g/mol. The van der Waals surface area contributed by atoms with Gasteiger partial charge in [0.15, 0.2) is 6.61 Å². The van der Waals surface area contributed by atoms with E-state index in [1.807, 2.05) is 0 Å². The summed E-state index contributed by atoms with van der Waals surface area (Å²) in [4.78, 5) is 10.8. The van der Waals surface area contributed by atoms with Crippen molar-refractivity contribution < 1.29 is 13.9 Å². The van der Waals surface area contributed by atoms with Gasteiger partial charge in [0.1, 0.15) is 16.8 Å². The van der Waals surface area contributed by atoms with Gasteiger partial charge in [-0.15, -0.1) is 11.3 Å². The number of esters is 1. The van der Waals surface area contributed by atoms with E-state index in [0.717, 1.165) is 11.3 Å². The lowest BCUT2D eigenvalue weighted by Gasteiger charge is -1.95. The molecule has 0 radical (unpaired) electrons. The van der Waals surface area contributed by atoms with Crippen LogP contribution in [0.3, 0.4) is 0 Å². The lowest BCUT2D eigenvalue weighted by atomic mass is 10.4. The molecular weight excluding hydrogens is 181 g/mol. The zero-order valence-electron chi connectivity index (χ0n) is 5.91. The highest BCUT2D eigenvalue weighted by Gasteiger charge is 2.13. The Hall–Kier alpha value is -1.41. The minimum Gasteiger partial charge on any atom is -0.446 e. The van der Waals surface area contributed by atoms with E-state index >= 15 is 0 Å². The first-order valence-electron chi connectivity index (χ1n) is 3.02. The zero-order chi connectivity index (χ0) is 8.97. The number of hydrogen-bond acceptors (Lipinski definition) is 4. The number of carbonyl (C=O) groups excluding carboxylic acids is 1. The second-order valence-electron chi connectivity index (χ2n) is 1.83. The molecule has 0 amide bonds. The third-order valence-corrected chi connectivity index (χ3v) is 1.94. The number of rotatable bonds is 2. The Morgan fingerprint density at radius 2 is 2.58 bits per heavy atom. The van der Waals surface area contributed by atoms with E-state index in [4.69, 9.17) is 5.26 Å². The van der Waals surface area contributed by atoms with Crippen molar-refractivity contribution in [3.8, 4) is 6.07 Å². The Morgan fingerprint density at radius 1 is 1.83 bits per heavy atom. The molecule has 0 aliphatic heterocycles. The van der Waals surface area contributed by atoms with E-state index in [-0.39, 0.29) is 11.5 Å². The summed E-state index contributed by atoms with van der Waals surface area (Å²) in [6, 6.07) is 2.79. The summed E-state index contributed by atoms with van der Waals surface area (Å²) >= 11 is 0.949. The van der Waals surface area contributed by atoms with E-state index in [9.17, 15) is 9.18 Å². The molecule has 0 aromatic carbocycles. The Bertz CT molecular complexity index is 328. The number of ether oxygens (including phenoxy) is 1. The maximum atomic E-state index is 12.7. The standard InChI is InChI=1S/C7H4FNO2S/c8-5-1-4-12-6(5)7(10)11-3-2-9/h1,4H,3H2. The molecule has 1 heterocycles. The van der Waals surface area contributed by atoms with Crippen molar-refractivity contribution in [2.24, 2.45) is 0 Å². The van der Waals surface area contributed by atoms with E-state index < -0.39 is 11.8 Å². The molecule has 0 fully saturated rings. The Morgan fingerprint density at radius 3 is 3.08 bits per heavy atom. The predicted molar refractivity (Wildman–Crippen MR) is 40.2 cm³/mol. The van der Waals surface area contributed by atoms with Crippen molar-refractivity contribution in [1.29, 1.82) is 5.26 Å². The lowest BCUT2D eigenvalue weighted by molar-refractivity contribution is 0.0556. The minimum atomic E-state index is -0.788. The molecule has 0 aliphatic rings. The number of halogens is 1. The van der Waals surface area contributed by atoms with E-state index in [1.165, 1.54) is 11.4 Å². The number of nitriles is 1. The number of carbonyl (C=O) groups is 1. The van der Waals surface area contributed by atoms with Gasteiger partial charge in [0, 0.05) is 0 Å². The molecule has 0 atom stereocenters. The van der Waals surface area contributed by atoms with Crippen LogP contribution in [0.5, 0.6) is 0 Å². The van der Waals surface area contributed by atoms with Crippen LogP contribution < -0.4 is 0 Å². The fraction of sp³-hybridized carbons (Fsp3) is 0.143. The van der Waals surface area contributed by atoms with Crippen molar-refractivity contribution in [2.75, 3.05) is 6.61 Å². The molecule has 0 unspecified atom stereocenters. The van der Waals surface area contributed by atoms with Gasteiger partial charge in [-0.2, -0.15) is 5.26 Å². The Labute approximate surface area is 72.0 Å². The van der Waals surface area contributed by atoms with Crippen molar-refractivity contribution in [3.05, 3.63) is 22.1 Å². The first-order chi connectivity index (χ1) is 5.75. The van der Waals surface area contributed by atoms with Gasteiger partial charge >= 0.3 is 5.97 Å². The maximum Gasteiger partial charge on any atom is 0.352 e. The predicted octanol–water partition coefficient (Wildman–Crippen LogP) is 1.57. The van der Waals surface area contributed by atoms with Crippen LogP contribution in [0.15, 0.2) is 11.4 Å². The molecule has 5 heteroatoms. The molecular formula is C7H4FNO2S. The average molecular weight is 185 g/mol. The third-order valence-electron chi connectivity index (χ3n) is 1.07. The van der Waals surface area contributed by atoms with Gasteiger partial charge < -0.3 is 4.74 Å². The van der Waals surface area contributed by atoms with E-state index in [1.54, 1.807) is 6.07 Å². The first kappa shape index (κ1) is 8.68. The van der Waals surface area contributed by atoms with Crippen LogP contribution in [0.1, 0.15) is 9.67 Å². The van der Waals surface area contributed by atoms with Crippen LogP contribution in [-0.2, 0) is 4.74 Å². The van der Waals surface area contributed by atoms with Gasteiger partial charge in [0.2, 0.25) is 0 Å². The number of hydrogen-bond donors (Lipinski definition) is 0. The molecule has 1 aromatic heterocycles. The second kappa shape index (κ2) is 3.83. The van der Waals surface area contributed by atoms with Gasteiger partial charge in [-0.3, -0.25) is 0 Å². The average Bonchev–Trinajstić information content (AvgIpc) is 2.47. The van der Waals surface area contributed by atoms with E-state index in [2.05, 4.69) is 4.74 Å². The molecule has 12 heavy (non-hydrogen) atoms. The molecule has 0 N–H and O–H groups in total. The number of nitrogens with zero attached hydrogens (tertiary/aromatic N) is 1. The van der Waals surface area contributed by atoms with Crippen molar-refractivity contribution >= 4 is 17.3 Å². The second-order valence-corrected chi connectivity index (χ2v) is 2.75.